The Morgan fingerprint density at radius 2 is 2.38 bits per heavy atom. The molecule has 3 N–H and O–H groups in total. The molecule has 0 fully saturated rings. The first-order chi connectivity index (χ1) is 3.83. The van der Waals surface area contributed by atoms with E-state index in [1.807, 2.05) is 12.1 Å². The molecule has 0 spiro atoms. The number of aromatic nitrogens is 1. The monoisotopic (exact) mass is 110 g/mol. The van der Waals surface area contributed by atoms with Gasteiger partial charge in [0.05, 0.1) is 0 Å². The third-order valence-electron chi connectivity index (χ3n) is 1.15. The normalized spacial score (nSPS) is 9.62. The first-order valence-electron chi connectivity index (χ1n) is 2.76. The summed E-state index contributed by atoms with van der Waals surface area (Å²) < 4.78 is 0. The minimum Gasteiger partial charge on any atom is -0.385 e. The summed E-state index contributed by atoms with van der Waals surface area (Å²) in [5.41, 5.74) is 6.60. The third kappa shape index (κ3) is 0.832. The van der Waals surface area contributed by atoms with E-state index in [0.29, 0.717) is 0 Å². The quantitative estimate of drug-likeness (QED) is 0.559. The summed E-state index contributed by atoms with van der Waals surface area (Å²) in [5, 5.41) is 0. The zero-order chi connectivity index (χ0) is 5.98. The molecule has 0 bridgehead atoms. The van der Waals surface area contributed by atoms with Crippen molar-refractivity contribution in [3.63, 3.8) is 0 Å². The Hall–Kier alpha value is -0.920. The zero-order valence-electron chi connectivity index (χ0n) is 4.94. The van der Waals surface area contributed by atoms with Gasteiger partial charge in [-0.05, 0) is 18.6 Å². The molecule has 1 heterocycles. The van der Waals surface area contributed by atoms with Crippen molar-refractivity contribution in [1.82, 2.24) is 4.98 Å². The van der Waals surface area contributed by atoms with Gasteiger partial charge in [-0.3, -0.25) is 0 Å². The smallest absolute Gasteiger partial charge is 0.100 e. The first kappa shape index (κ1) is 5.22. The van der Waals surface area contributed by atoms with Crippen LogP contribution in [0.2, 0.25) is 0 Å². The molecule has 0 amide bonds. The van der Waals surface area contributed by atoms with Crippen LogP contribution in [0.25, 0.3) is 0 Å². The van der Waals surface area contributed by atoms with Crippen LogP contribution in [0.15, 0.2) is 12.1 Å². The molecule has 0 atom stereocenters. The number of aromatic amines is 1. The molecule has 0 unspecified atom stereocenters. The maximum atomic E-state index is 5.40. The van der Waals surface area contributed by atoms with E-state index >= 15 is 0 Å². The van der Waals surface area contributed by atoms with Crippen molar-refractivity contribution in [2.45, 2.75) is 13.3 Å². The molecule has 0 aliphatic rings. The van der Waals surface area contributed by atoms with Crippen LogP contribution in [0, 0.1) is 0 Å². The molecule has 0 saturated carbocycles. The van der Waals surface area contributed by atoms with E-state index in [9.17, 15) is 0 Å². The Morgan fingerprint density at radius 3 is 2.62 bits per heavy atom. The van der Waals surface area contributed by atoms with E-state index in [4.69, 9.17) is 5.73 Å². The fourth-order valence-electron chi connectivity index (χ4n) is 0.665. The summed E-state index contributed by atoms with van der Waals surface area (Å²) in [5.74, 6) is 0.752. The van der Waals surface area contributed by atoms with Gasteiger partial charge in [0.25, 0.3) is 0 Å². The lowest BCUT2D eigenvalue weighted by Gasteiger charge is -1.84. The Balaban J connectivity index is 2.84. The molecule has 0 radical (unpaired) electrons. The summed E-state index contributed by atoms with van der Waals surface area (Å²) in [6.45, 7) is 2.09. The van der Waals surface area contributed by atoms with Crippen molar-refractivity contribution in [1.29, 1.82) is 0 Å². The van der Waals surface area contributed by atoms with E-state index in [1.165, 1.54) is 5.69 Å². The lowest BCUT2D eigenvalue weighted by Crippen LogP contribution is -1.84. The van der Waals surface area contributed by atoms with E-state index in [-0.39, 0.29) is 0 Å². The van der Waals surface area contributed by atoms with Crippen LogP contribution in [-0.2, 0) is 6.42 Å². The Labute approximate surface area is 48.7 Å². The summed E-state index contributed by atoms with van der Waals surface area (Å²) in [6.07, 6.45) is 1.02. The molecule has 0 saturated heterocycles. The predicted octanol–water partition coefficient (Wildman–Crippen LogP) is 1.16. The van der Waals surface area contributed by atoms with Crippen LogP contribution < -0.4 is 5.73 Å². The average molecular weight is 110 g/mol. The highest BCUT2D eigenvalue weighted by atomic mass is 14.8. The molecule has 1 aromatic heterocycles. The van der Waals surface area contributed by atoms with Crippen LogP contribution in [0.3, 0.4) is 0 Å². The van der Waals surface area contributed by atoms with E-state index in [2.05, 4.69) is 11.9 Å². The highest BCUT2D eigenvalue weighted by molar-refractivity contribution is 5.30. The Kier molecular flexibility index (Phi) is 1.24. The van der Waals surface area contributed by atoms with Crippen LogP contribution >= 0.6 is 0 Å². The largest absolute Gasteiger partial charge is 0.385 e. The molecule has 2 heteroatoms. The van der Waals surface area contributed by atoms with Gasteiger partial charge in [-0.25, -0.2) is 0 Å². The molecule has 44 valence electrons. The number of nitrogen functional groups attached to an aromatic ring is 1. The molecule has 2 nitrogen and oxygen atoms in total. The van der Waals surface area contributed by atoms with Crippen molar-refractivity contribution < 1.29 is 0 Å². The van der Waals surface area contributed by atoms with Gasteiger partial charge >= 0.3 is 0 Å². The summed E-state index contributed by atoms with van der Waals surface area (Å²) in [7, 11) is 0. The number of hydrogen-bond acceptors (Lipinski definition) is 1. The summed E-state index contributed by atoms with van der Waals surface area (Å²) in [4.78, 5) is 3.00. The zero-order valence-corrected chi connectivity index (χ0v) is 4.94. The van der Waals surface area contributed by atoms with Gasteiger partial charge in [0.15, 0.2) is 0 Å². The minimum absolute atomic E-state index is 0.752. The van der Waals surface area contributed by atoms with Crippen LogP contribution in [0.4, 0.5) is 5.82 Å². The number of nitrogens with two attached hydrogens (primary N) is 1. The predicted molar refractivity (Wildman–Crippen MR) is 34.6 cm³/mol. The second-order valence-corrected chi connectivity index (χ2v) is 1.79. The second-order valence-electron chi connectivity index (χ2n) is 1.79. The maximum absolute atomic E-state index is 5.40. The van der Waals surface area contributed by atoms with Crippen molar-refractivity contribution in [2.24, 2.45) is 0 Å². The van der Waals surface area contributed by atoms with Crippen molar-refractivity contribution in [3.05, 3.63) is 17.8 Å². The number of H-pyrrole nitrogens is 1. The highest BCUT2D eigenvalue weighted by Crippen LogP contribution is 2.01. The molecule has 1 aromatic rings. The number of aryl methyl sites for hydroxylation is 1. The number of rotatable bonds is 1. The summed E-state index contributed by atoms with van der Waals surface area (Å²) in [6, 6.07) is 3.87. The fraction of sp³-hybridized carbons (Fsp3) is 0.333. The highest BCUT2D eigenvalue weighted by Gasteiger charge is 1.88. The molecular formula is C6H10N2. The lowest BCUT2D eigenvalue weighted by molar-refractivity contribution is 1.07. The van der Waals surface area contributed by atoms with Gasteiger partial charge in [-0.15, -0.1) is 0 Å². The fourth-order valence-corrected chi connectivity index (χ4v) is 0.665. The van der Waals surface area contributed by atoms with Crippen molar-refractivity contribution in [3.8, 4) is 0 Å². The molecule has 0 aliphatic heterocycles. The Morgan fingerprint density at radius 1 is 1.62 bits per heavy atom. The maximum Gasteiger partial charge on any atom is 0.100 e. The van der Waals surface area contributed by atoms with Crippen LogP contribution in [0.5, 0.6) is 0 Å². The van der Waals surface area contributed by atoms with Gasteiger partial charge < -0.3 is 10.7 Å². The van der Waals surface area contributed by atoms with Gasteiger partial charge in [0.2, 0.25) is 0 Å². The SMILES string of the molecule is CCc1ccc(N)[nH]1. The van der Waals surface area contributed by atoms with Gasteiger partial charge in [0, 0.05) is 5.69 Å². The topological polar surface area (TPSA) is 41.8 Å². The first-order valence-corrected chi connectivity index (χ1v) is 2.76. The summed E-state index contributed by atoms with van der Waals surface area (Å²) >= 11 is 0. The van der Waals surface area contributed by atoms with Gasteiger partial charge in [-0.1, -0.05) is 6.92 Å². The number of anilines is 1. The molecule has 0 aromatic carbocycles. The average Bonchev–Trinajstić information content (AvgIpc) is 2.14. The molecule has 0 aliphatic carbocycles. The molecule has 8 heavy (non-hydrogen) atoms. The van der Waals surface area contributed by atoms with E-state index in [1.54, 1.807) is 0 Å². The van der Waals surface area contributed by atoms with Crippen LogP contribution in [-0.4, -0.2) is 4.98 Å². The van der Waals surface area contributed by atoms with E-state index in [0.717, 1.165) is 12.2 Å². The number of hydrogen-bond donors (Lipinski definition) is 2. The van der Waals surface area contributed by atoms with Crippen molar-refractivity contribution >= 4 is 5.82 Å². The molecule has 1 rings (SSSR count). The number of nitrogens with one attached hydrogen (secondary N) is 1. The third-order valence-corrected chi connectivity index (χ3v) is 1.15. The Bertz CT molecular complexity index is 167. The standard InChI is InChI=1S/C6H10N2/c1-2-5-3-4-6(7)8-5/h3-4,8H,2,7H2,1H3. The van der Waals surface area contributed by atoms with Crippen molar-refractivity contribution in [2.75, 3.05) is 5.73 Å². The van der Waals surface area contributed by atoms with Gasteiger partial charge in [0.1, 0.15) is 5.82 Å². The minimum atomic E-state index is 0.752. The van der Waals surface area contributed by atoms with Crippen LogP contribution in [0.1, 0.15) is 12.6 Å². The second kappa shape index (κ2) is 1.90. The molecular weight excluding hydrogens is 100 g/mol. The lowest BCUT2D eigenvalue weighted by atomic mass is 10.3. The van der Waals surface area contributed by atoms with E-state index < -0.39 is 0 Å². The van der Waals surface area contributed by atoms with Gasteiger partial charge in [-0.2, -0.15) is 0 Å².